The lowest BCUT2D eigenvalue weighted by Gasteiger charge is -2.32. The van der Waals surface area contributed by atoms with Gasteiger partial charge in [-0.2, -0.15) is 4.98 Å². The maximum Gasteiger partial charge on any atom is 0.242 e. The summed E-state index contributed by atoms with van der Waals surface area (Å²) >= 11 is 3.43. The Morgan fingerprint density at radius 3 is 2.58 bits per heavy atom. The first-order chi connectivity index (χ1) is 18.2. The number of halogens is 1. The molecule has 2 aromatic carbocycles. The van der Waals surface area contributed by atoms with Crippen molar-refractivity contribution in [3.63, 3.8) is 0 Å². The molecule has 1 aromatic heterocycles. The molecule has 38 heavy (non-hydrogen) atoms. The molecule has 3 aromatic rings. The molecule has 4 rings (SSSR count). The summed E-state index contributed by atoms with van der Waals surface area (Å²) in [4.78, 5) is 22.7. The van der Waals surface area contributed by atoms with E-state index in [0.29, 0.717) is 40.0 Å². The number of rotatable bonds is 10. The average molecular weight is 605 g/mol. The van der Waals surface area contributed by atoms with Gasteiger partial charge in [-0.1, -0.05) is 12.1 Å². The van der Waals surface area contributed by atoms with Gasteiger partial charge in [0.25, 0.3) is 0 Å². The van der Waals surface area contributed by atoms with E-state index in [4.69, 9.17) is 10.5 Å². The summed E-state index contributed by atoms with van der Waals surface area (Å²) in [7, 11) is -2.32. The van der Waals surface area contributed by atoms with Crippen molar-refractivity contribution in [2.75, 3.05) is 42.3 Å². The lowest BCUT2D eigenvalue weighted by Crippen LogP contribution is -2.38. The largest absolute Gasteiger partial charge is 0.492 e. The molecule has 1 saturated heterocycles. The molecule has 0 aliphatic carbocycles. The Morgan fingerprint density at radius 2 is 1.89 bits per heavy atom. The van der Waals surface area contributed by atoms with E-state index in [-0.39, 0.29) is 16.7 Å². The van der Waals surface area contributed by atoms with Crippen LogP contribution in [0.4, 0.5) is 28.8 Å². The second kappa shape index (κ2) is 12.0. The van der Waals surface area contributed by atoms with Gasteiger partial charge in [0.15, 0.2) is 0 Å². The van der Waals surface area contributed by atoms with Gasteiger partial charge in [-0.3, -0.25) is 4.79 Å². The molecule has 1 aliphatic heterocycles. The molecule has 0 radical (unpaired) electrons. The fourth-order valence-electron chi connectivity index (χ4n) is 4.19. The highest BCUT2D eigenvalue weighted by atomic mass is 79.9. The van der Waals surface area contributed by atoms with E-state index in [0.717, 1.165) is 31.6 Å². The van der Waals surface area contributed by atoms with E-state index in [1.165, 1.54) is 13.1 Å². The van der Waals surface area contributed by atoms with Gasteiger partial charge >= 0.3 is 0 Å². The van der Waals surface area contributed by atoms with Gasteiger partial charge in [-0.25, -0.2) is 18.1 Å². The summed E-state index contributed by atoms with van der Waals surface area (Å²) in [6.07, 6.45) is 3.02. The van der Waals surface area contributed by atoms with Gasteiger partial charge in [0.1, 0.15) is 16.5 Å². The first-order valence-electron chi connectivity index (χ1n) is 12.1. The summed E-state index contributed by atoms with van der Waals surface area (Å²) in [5.41, 5.74) is 7.50. The molecule has 0 atom stereocenters. The zero-order valence-electron chi connectivity index (χ0n) is 21.1. The molecule has 1 aliphatic rings. The number of ether oxygens (including phenoxy) is 1. The predicted octanol–water partition coefficient (Wildman–Crippen LogP) is 3.73. The number of nitrogens with one attached hydrogen (secondary N) is 3. The maximum atomic E-state index is 12.4. The Kier molecular flexibility index (Phi) is 8.69. The highest BCUT2D eigenvalue weighted by Crippen LogP contribution is 2.34. The number of nitrogens with two attached hydrogens (primary N) is 1. The number of anilines is 5. The third kappa shape index (κ3) is 6.34. The van der Waals surface area contributed by atoms with E-state index in [1.807, 2.05) is 25.1 Å². The van der Waals surface area contributed by atoms with Crippen LogP contribution in [0.15, 0.2) is 58.0 Å². The van der Waals surface area contributed by atoms with Crippen molar-refractivity contribution in [3.8, 4) is 5.75 Å². The topological polar surface area (TPSA) is 152 Å². The molecule has 2 heterocycles. The smallest absolute Gasteiger partial charge is 0.242 e. The van der Waals surface area contributed by atoms with Crippen LogP contribution in [0, 0.1) is 5.92 Å². The molecule has 1 amide bonds. The lowest BCUT2D eigenvalue weighted by atomic mass is 9.96. The van der Waals surface area contributed by atoms with Gasteiger partial charge in [0.2, 0.25) is 21.9 Å². The summed E-state index contributed by atoms with van der Waals surface area (Å²) in [6.45, 7) is 3.85. The fraction of sp³-hybridized carbons (Fsp3) is 0.320. The number of hydrogen-bond acceptors (Lipinski definition) is 9. The van der Waals surface area contributed by atoms with E-state index in [1.54, 1.807) is 24.4 Å². The fourth-order valence-corrected chi connectivity index (χ4v) is 5.36. The van der Waals surface area contributed by atoms with Crippen LogP contribution in [-0.2, 0) is 14.8 Å². The third-order valence-corrected chi connectivity index (χ3v) is 8.27. The maximum absolute atomic E-state index is 12.4. The normalized spacial score (nSPS) is 14.2. The van der Waals surface area contributed by atoms with Crippen molar-refractivity contribution >= 4 is 60.7 Å². The number of sulfonamides is 1. The van der Waals surface area contributed by atoms with Crippen LogP contribution in [-0.4, -0.2) is 51.0 Å². The number of hydrogen-bond donors (Lipinski definition) is 4. The summed E-state index contributed by atoms with van der Waals surface area (Å²) < 4.78 is 33.7. The molecule has 202 valence electrons. The number of nitrogens with zero attached hydrogens (tertiary/aromatic N) is 3. The second-order valence-corrected chi connectivity index (χ2v) is 11.3. The van der Waals surface area contributed by atoms with Crippen molar-refractivity contribution in [2.24, 2.45) is 11.7 Å². The molecule has 0 unspecified atom stereocenters. The number of amides is 1. The number of para-hydroxylation sites is 1. The Balaban J connectivity index is 1.56. The van der Waals surface area contributed by atoms with Crippen LogP contribution in [0.5, 0.6) is 5.75 Å². The van der Waals surface area contributed by atoms with E-state index < -0.39 is 10.0 Å². The summed E-state index contributed by atoms with van der Waals surface area (Å²) in [5.74, 6) is 0.984. The quantitative estimate of drug-likeness (QED) is 0.271. The van der Waals surface area contributed by atoms with Crippen LogP contribution in [0.3, 0.4) is 0 Å². The molecular formula is C25H30BrN7O4S. The summed E-state index contributed by atoms with van der Waals surface area (Å²) in [5, 5.41) is 6.28. The molecule has 0 spiro atoms. The number of piperidine rings is 1. The van der Waals surface area contributed by atoms with Crippen molar-refractivity contribution in [1.29, 1.82) is 0 Å². The van der Waals surface area contributed by atoms with Gasteiger partial charge in [-0.05, 0) is 67.0 Å². The number of benzene rings is 2. The van der Waals surface area contributed by atoms with Crippen LogP contribution in [0.1, 0.15) is 19.8 Å². The van der Waals surface area contributed by atoms with Crippen molar-refractivity contribution < 1.29 is 17.9 Å². The van der Waals surface area contributed by atoms with Gasteiger partial charge < -0.3 is 26.0 Å². The molecule has 13 heteroatoms. The second-order valence-electron chi connectivity index (χ2n) is 8.62. The average Bonchev–Trinajstić information content (AvgIpc) is 2.92. The van der Waals surface area contributed by atoms with Crippen LogP contribution < -0.4 is 30.7 Å². The molecule has 11 nitrogen and oxygen atoms in total. The van der Waals surface area contributed by atoms with Gasteiger partial charge in [0.05, 0.1) is 22.5 Å². The minimum atomic E-state index is -3.68. The Morgan fingerprint density at radius 1 is 1.16 bits per heavy atom. The van der Waals surface area contributed by atoms with E-state index >= 15 is 0 Å². The predicted molar refractivity (Wildman–Crippen MR) is 151 cm³/mol. The van der Waals surface area contributed by atoms with E-state index in [2.05, 4.69) is 46.2 Å². The van der Waals surface area contributed by atoms with Crippen molar-refractivity contribution in [2.45, 2.75) is 24.7 Å². The minimum Gasteiger partial charge on any atom is -0.492 e. The standard InChI is InChI=1S/C25H30BrN7O4S/c1-3-37-21-14-17(33-12-10-16(11-13-33)23(27)34)8-9-19(21)31-25-29-15-18(26)24(32-25)30-20-6-4-5-7-22(20)38(35,36)28-2/h4-9,14-16,28H,3,10-13H2,1-2H3,(H2,27,34)(H2,29,30,31,32). The number of carbonyl (C=O) groups is 1. The molecule has 1 fully saturated rings. The minimum absolute atomic E-state index is 0.0822. The molecule has 0 bridgehead atoms. The Hall–Kier alpha value is -3.42. The van der Waals surface area contributed by atoms with E-state index in [9.17, 15) is 13.2 Å². The lowest BCUT2D eigenvalue weighted by molar-refractivity contribution is -0.122. The monoisotopic (exact) mass is 603 g/mol. The zero-order valence-corrected chi connectivity index (χ0v) is 23.5. The first kappa shape index (κ1) is 27.6. The zero-order chi connectivity index (χ0) is 27.3. The Labute approximate surface area is 230 Å². The molecule has 5 N–H and O–H groups in total. The van der Waals surface area contributed by atoms with Crippen LogP contribution >= 0.6 is 15.9 Å². The summed E-state index contributed by atoms with van der Waals surface area (Å²) in [6, 6.07) is 12.4. The molecule has 0 saturated carbocycles. The number of carbonyl (C=O) groups excluding carboxylic acids is 1. The highest BCUT2D eigenvalue weighted by Gasteiger charge is 2.24. The molecular weight excluding hydrogens is 574 g/mol. The Bertz CT molecular complexity index is 1410. The SMILES string of the molecule is CCOc1cc(N2CCC(C(N)=O)CC2)ccc1Nc1ncc(Br)c(Nc2ccccc2S(=O)(=O)NC)n1. The number of primary amides is 1. The first-order valence-corrected chi connectivity index (χ1v) is 14.4. The van der Waals surface area contributed by atoms with Crippen LogP contribution in [0.2, 0.25) is 0 Å². The number of aromatic nitrogens is 2. The highest BCUT2D eigenvalue weighted by molar-refractivity contribution is 9.10. The third-order valence-electron chi connectivity index (χ3n) is 6.22. The van der Waals surface area contributed by atoms with Crippen molar-refractivity contribution in [1.82, 2.24) is 14.7 Å². The van der Waals surface area contributed by atoms with Gasteiger partial charge in [-0.15, -0.1) is 0 Å². The van der Waals surface area contributed by atoms with Gasteiger partial charge in [0, 0.05) is 37.0 Å². The van der Waals surface area contributed by atoms with Crippen molar-refractivity contribution in [3.05, 3.63) is 53.1 Å². The van der Waals surface area contributed by atoms with Crippen LogP contribution in [0.25, 0.3) is 0 Å².